The van der Waals surface area contributed by atoms with Crippen molar-refractivity contribution in [1.29, 1.82) is 0 Å². The molecular formula is C13H19N. The van der Waals surface area contributed by atoms with Gasteiger partial charge < -0.3 is 5.32 Å². The predicted molar refractivity (Wildman–Crippen MR) is 60.6 cm³/mol. The average molecular weight is 189 g/mol. The van der Waals surface area contributed by atoms with Gasteiger partial charge in [-0.05, 0) is 24.5 Å². The summed E-state index contributed by atoms with van der Waals surface area (Å²) in [5, 5.41) is 3.58. The van der Waals surface area contributed by atoms with E-state index < -0.39 is 0 Å². The van der Waals surface area contributed by atoms with E-state index >= 15 is 0 Å². The zero-order valence-electron chi connectivity index (χ0n) is 9.30. The summed E-state index contributed by atoms with van der Waals surface area (Å²) in [6, 6.07) is 9.43. The fourth-order valence-electron chi connectivity index (χ4n) is 2.29. The Labute approximate surface area is 86.5 Å². The van der Waals surface area contributed by atoms with Crippen LogP contribution in [0.25, 0.3) is 0 Å². The van der Waals surface area contributed by atoms with Crippen molar-refractivity contribution in [1.82, 2.24) is 5.32 Å². The summed E-state index contributed by atoms with van der Waals surface area (Å²) >= 11 is 0. The van der Waals surface area contributed by atoms with Gasteiger partial charge in [-0.2, -0.15) is 0 Å². The molecule has 0 unspecified atom stereocenters. The lowest BCUT2D eigenvalue weighted by Crippen LogP contribution is -2.35. The van der Waals surface area contributed by atoms with Crippen LogP contribution in [-0.2, 0) is 11.8 Å². The van der Waals surface area contributed by atoms with Crippen LogP contribution in [0.4, 0.5) is 0 Å². The minimum absolute atomic E-state index is 0.265. The summed E-state index contributed by atoms with van der Waals surface area (Å²) in [6.07, 6.45) is 1.15. The second kappa shape index (κ2) is 3.39. The van der Waals surface area contributed by atoms with E-state index in [0.29, 0.717) is 6.04 Å². The van der Waals surface area contributed by atoms with Crippen molar-refractivity contribution in [2.24, 2.45) is 0 Å². The molecule has 0 spiro atoms. The predicted octanol–water partition coefficient (Wildman–Crippen LogP) is 2.50. The van der Waals surface area contributed by atoms with E-state index in [9.17, 15) is 0 Å². The zero-order chi connectivity index (χ0) is 10.2. The number of nitrogens with one attached hydrogen (secondary N) is 1. The molecule has 0 aromatic heterocycles. The highest BCUT2D eigenvalue weighted by molar-refractivity contribution is 5.35. The Hall–Kier alpha value is -0.820. The first-order chi connectivity index (χ1) is 6.59. The molecule has 0 saturated heterocycles. The third kappa shape index (κ3) is 1.69. The molecule has 1 aliphatic heterocycles. The molecule has 1 aromatic carbocycles. The quantitative estimate of drug-likeness (QED) is 0.661. The molecule has 0 fully saturated rings. The number of hydrogen-bond donors (Lipinski definition) is 1. The van der Waals surface area contributed by atoms with Crippen molar-refractivity contribution < 1.29 is 0 Å². The van der Waals surface area contributed by atoms with Crippen LogP contribution in [0.5, 0.6) is 0 Å². The highest BCUT2D eigenvalue weighted by Crippen LogP contribution is 2.28. The molecule has 0 amide bonds. The van der Waals surface area contributed by atoms with Gasteiger partial charge in [0.15, 0.2) is 0 Å². The van der Waals surface area contributed by atoms with Gasteiger partial charge in [-0.15, -0.1) is 0 Å². The third-order valence-corrected chi connectivity index (χ3v) is 3.17. The number of fused-ring (bicyclic) bond motifs is 1. The molecule has 1 aliphatic rings. The topological polar surface area (TPSA) is 12.0 Å². The zero-order valence-corrected chi connectivity index (χ0v) is 9.30. The van der Waals surface area contributed by atoms with Crippen molar-refractivity contribution in [2.75, 3.05) is 6.54 Å². The molecular weight excluding hydrogens is 170 g/mol. The summed E-state index contributed by atoms with van der Waals surface area (Å²) in [5.41, 5.74) is 3.29. The minimum atomic E-state index is 0.265. The van der Waals surface area contributed by atoms with Gasteiger partial charge in [0.2, 0.25) is 0 Å². The van der Waals surface area contributed by atoms with E-state index in [1.807, 2.05) is 0 Å². The van der Waals surface area contributed by atoms with Gasteiger partial charge in [-0.1, -0.05) is 38.1 Å². The van der Waals surface area contributed by atoms with Crippen molar-refractivity contribution in [3.63, 3.8) is 0 Å². The van der Waals surface area contributed by atoms with Gasteiger partial charge in [0.05, 0.1) is 0 Å². The van der Waals surface area contributed by atoms with Crippen LogP contribution in [0.2, 0.25) is 0 Å². The lowest BCUT2D eigenvalue weighted by atomic mass is 9.82. The van der Waals surface area contributed by atoms with E-state index in [4.69, 9.17) is 0 Å². The first-order valence-electron chi connectivity index (χ1n) is 5.41. The van der Waals surface area contributed by atoms with Crippen molar-refractivity contribution in [2.45, 2.75) is 38.6 Å². The Balaban J connectivity index is 2.47. The molecule has 1 N–H and O–H groups in total. The Morgan fingerprint density at radius 2 is 2.00 bits per heavy atom. The maximum absolute atomic E-state index is 3.58. The largest absolute Gasteiger partial charge is 0.313 e. The fourth-order valence-corrected chi connectivity index (χ4v) is 2.29. The molecule has 1 nitrogen and oxygen atoms in total. The first-order valence-corrected chi connectivity index (χ1v) is 5.41. The average Bonchev–Trinajstić information content (AvgIpc) is 2.25. The molecule has 1 heteroatoms. The van der Waals surface area contributed by atoms with Gasteiger partial charge in [-0.3, -0.25) is 0 Å². The van der Waals surface area contributed by atoms with E-state index in [-0.39, 0.29) is 5.41 Å². The molecule has 0 aliphatic carbocycles. The van der Waals surface area contributed by atoms with Gasteiger partial charge in [0.1, 0.15) is 0 Å². The Morgan fingerprint density at radius 3 is 2.79 bits per heavy atom. The van der Waals surface area contributed by atoms with E-state index in [2.05, 4.69) is 50.4 Å². The molecule has 14 heavy (non-hydrogen) atoms. The summed E-state index contributed by atoms with van der Waals surface area (Å²) in [7, 11) is 0. The maximum atomic E-state index is 3.58. The SMILES string of the molecule is C[C@@H]1Cc2ccccc2C(C)(C)CN1. The summed E-state index contributed by atoms with van der Waals surface area (Å²) < 4.78 is 0. The molecule has 2 rings (SSSR count). The van der Waals surface area contributed by atoms with Crippen LogP contribution < -0.4 is 5.32 Å². The van der Waals surface area contributed by atoms with Crippen molar-refractivity contribution in [3.8, 4) is 0 Å². The molecule has 0 radical (unpaired) electrons. The number of hydrogen-bond acceptors (Lipinski definition) is 1. The summed E-state index contributed by atoms with van der Waals surface area (Å²) in [5.74, 6) is 0. The number of rotatable bonds is 0. The molecule has 1 aromatic rings. The standard InChI is InChI=1S/C13H19N/c1-10-8-11-6-4-5-7-12(11)13(2,3)9-14-10/h4-7,10,14H,8-9H2,1-3H3/t10-/m1/s1. The van der Waals surface area contributed by atoms with Crippen LogP contribution in [0.1, 0.15) is 31.9 Å². The highest BCUT2D eigenvalue weighted by Gasteiger charge is 2.26. The summed E-state index contributed by atoms with van der Waals surface area (Å²) in [6.45, 7) is 7.97. The fraction of sp³-hybridized carbons (Fsp3) is 0.538. The Kier molecular flexibility index (Phi) is 2.36. The normalized spacial score (nSPS) is 25.2. The van der Waals surface area contributed by atoms with Gasteiger partial charge in [0, 0.05) is 18.0 Å². The molecule has 0 bridgehead atoms. The summed E-state index contributed by atoms with van der Waals surface area (Å²) in [4.78, 5) is 0. The maximum Gasteiger partial charge on any atom is 0.00796 e. The van der Waals surface area contributed by atoms with E-state index in [1.54, 1.807) is 0 Å². The minimum Gasteiger partial charge on any atom is -0.313 e. The lowest BCUT2D eigenvalue weighted by molar-refractivity contribution is 0.451. The molecule has 1 heterocycles. The second-order valence-corrected chi connectivity index (χ2v) is 5.03. The lowest BCUT2D eigenvalue weighted by Gasteiger charge is -2.25. The van der Waals surface area contributed by atoms with Crippen LogP contribution in [-0.4, -0.2) is 12.6 Å². The monoisotopic (exact) mass is 189 g/mol. The second-order valence-electron chi connectivity index (χ2n) is 5.03. The van der Waals surface area contributed by atoms with Gasteiger partial charge in [0.25, 0.3) is 0 Å². The highest BCUT2D eigenvalue weighted by atomic mass is 14.9. The van der Waals surface area contributed by atoms with E-state index in [0.717, 1.165) is 13.0 Å². The van der Waals surface area contributed by atoms with Crippen LogP contribution in [0.15, 0.2) is 24.3 Å². The molecule has 1 atom stereocenters. The Morgan fingerprint density at radius 1 is 1.29 bits per heavy atom. The third-order valence-electron chi connectivity index (χ3n) is 3.17. The Bertz CT molecular complexity index is 328. The van der Waals surface area contributed by atoms with Crippen LogP contribution in [0, 0.1) is 0 Å². The first kappa shape index (κ1) is 9.72. The van der Waals surface area contributed by atoms with Gasteiger partial charge in [-0.25, -0.2) is 0 Å². The number of benzene rings is 1. The smallest absolute Gasteiger partial charge is 0.00796 e. The molecule has 0 saturated carbocycles. The van der Waals surface area contributed by atoms with Crippen molar-refractivity contribution in [3.05, 3.63) is 35.4 Å². The van der Waals surface area contributed by atoms with Gasteiger partial charge >= 0.3 is 0 Å². The van der Waals surface area contributed by atoms with E-state index in [1.165, 1.54) is 11.1 Å². The van der Waals surface area contributed by atoms with Crippen molar-refractivity contribution >= 4 is 0 Å². The van der Waals surface area contributed by atoms with Crippen LogP contribution >= 0.6 is 0 Å². The van der Waals surface area contributed by atoms with Crippen LogP contribution in [0.3, 0.4) is 0 Å². The molecule has 76 valence electrons.